The van der Waals surface area contributed by atoms with Crippen molar-refractivity contribution in [3.05, 3.63) is 114 Å². The van der Waals surface area contributed by atoms with Crippen LogP contribution < -0.4 is 24.3 Å². The highest BCUT2D eigenvalue weighted by atomic mass is 16.7. The summed E-state index contributed by atoms with van der Waals surface area (Å²) in [6.45, 7) is 2.07. The normalized spacial score (nSPS) is 11.8. The zero-order valence-electron chi connectivity index (χ0n) is 18.2. The van der Waals surface area contributed by atoms with Crippen molar-refractivity contribution in [3.8, 4) is 23.0 Å². The molecular formula is C28H25NO4. The number of benzene rings is 4. The molecule has 5 rings (SSSR count). The summed E-state index contributed by atoms with van der Waals surface area (Å²) in [7, 11) is 0. The monoisotopic (exact) mass is 439 g/mol. The Hall–Kier alpha value is -4.12. The van der Waals surface area contributed by atoms with Gasteiger partial charge in [-0.3, -0.25) is 0 Å². The van der Waals surface area contributed by atoms with Crippen molar-refractivity contribution in [3.63, 3.8) is 0 Å². The van der Waals surface area contributed by atoms with Crippen molar-refractivity contribution >= 4 is 5.69 Å². The molecule has 0 radical (unpaired) electrons. The molecule has 0 saturated carbocycles. The zero-order valence-corrected chi connectivity index (χ0v) is 18.2. The third kappa shape index (κ3) is 5.57. The first kappa shape index (κ1) is 20.8. The molecule has 1 aliphatic heterocycles. The third-order valence-electron chi connectivity index (χ3n) is 5.37. The number of hydrogen-bond acceptors (Lipinski definition) is 5. The second kappa shape index (κ2) is 10.0. The number of rotatable bonds is 9. The molecule has 5 nitrogen and oxygen atoms in total. The van der Waals surface area contributed by atoms with Crippen LogP contribution in [-0.4, -0.2) is 6.79 Å². The Morgan fingerprint density at radius 1 is 0.606 bits per heavy atom. The largest absolute Gasteiger partial charge is 0.489 e. The molecule has 0 aliphatic carbocycles. The molecule has 1 heterocycles. The molecule has 0 spiro atoms. The van der Waals surface area contributed by atoms with Gasteiger partial charge in [-0.1, -0.05) is 48.5 Å². The third-order valence-corrected chi connectivity index (χ3v) is 5.37. The van der Waals surface area contributed by atoms with Crippen LogP contribution in [0.5, 0.6) is 23.0 Å². The van der Waals surface area contributed by atoms with Gasteiger partial charge >= 0.3 is 0 Å². The molecular weight excluding hydrogens is 414 g/mol. The molecule has 0 aromatic heterocycles. The van der Waals surface area contributed by atoms with Gasteiger partial charge < -0.3 is 24.3 Å². The Morgan fingerprint density at radius 3 is 1.91 bits per heavy atom. The lowest BCUT2D eigenvalue weighted by atomic mass is 10.2. The van der Waals surface area contributed by atoms with Gasteiger partial charge in [0.05, 0.1) is 0 Å². The van der Waals surface area contributed by atoms with Gasteiger partial charge in [0, 0.05) is 12.2 Å². The summed E-state index contributed by atoms with van der Waals surface area (Å²) in [5.74, 6) is 3.24. The van der Waals surface area contributed by atoms with Crippen LogP contribution in [-0.2, 0) is 19.8 Å². The van der Waals surface area contributed by atoms with E-state index in [0.29, 0.717) is 26.6 Å². The maximum Gasteiger partial charge on any atom is 0.231 e. The Bertz CT molecular complexity index is 1170. The summed E-state index contributed by atoms with van der Waals surface area (Å²) in [5, 5.41) is 3.43. The van der Waals surface area contributed by atoms with Crippen molar-refractivity contribution in [1.82, 2.24) is 0 Å². The summed E-state index contributed by atoms with van der Waals surface area (Å²) < 4.78 is 22.5. The molecule has 0 unspecified atom stereocenters. The Balaban J connectivity index is 1.08. The van der Waals surface area contributed by atoms with Gasteiger partial charge in [-0.2, -0.15) is 0 Å². The van der Waals surface area contributed by atoms with E-state index in [2.05, 4.69) is 41.7 Å². The molecule has 0 fully saturated rings. The highest BCUT2D eigenvalue weighted by molar-refractivity contribution is 5.48. The molecule has 1 N–H and O–H groups in total. The fraction of sp³-hybridized carbons (Fsp3) is 0.143. The fourth-order valence-corrected chi connectivity index (χ4v) is 3.51. The highest BCUT2D eigenvalue weighted by Crippen LogP contribution is 2.32. The van der Waals surface area contributed by atoms with E-state index >= 15 is 0 Å². The topological polar surface area (TPSA) is 49.0 Å². The van der Waals surface area contributed by atoms with E-state index in [1.165, 1.54) is 0 Å². The Labute approximate surface area is 193 Å². The van der Waals surface area contributed by atoms with Crippen LogP contribution in [0.15, 0.2) is 97.1 Å². The quantitative estimate of drug-likeness (QED) is 0.337. The lowest BCUT2D eigenvalue weighted by Crippen LogP contribution is -2.00. The van der Waals surface area contributed by atoms with Crippen molar-refractivity contribution in [2.24, 2.45) is 0 Å². The zero-order chi connectivity index (χ0) is 22.3. The van der Waals surface area contributed by atoms with Gasteiger partial charge in [0.2, 0.25) is 6.79 Å². The second-order valence-electron chi connectivity index (χ2n) is 7.77. The molecule has 4 aromatic carbocycles. The molecule has 166 valence electrons. The SMILES string of the molecule is c1ccc(COc2ccc(OCc3ccc(NCc4ccc5c(c4)OCO5)cc3)cc2)cc1. The van der Waals surface area contributed by atoms with Crippen LogP contribution in [0.25, 0.3) is 0 Å². The van der Waals surface area contributed by atoms with E-state index in [0.717, 1.165) is 45.4 Å². The van der Waals surface area contributed by atoms with Crippen LogP contribution in [0.2, 0.25) is 0 Å². The number of nitrogens with one attached hydrogen (secondary N) is 1. The van der Waals surface area contributed by atoms with E-state index in [9.17, 15) is 0 Å². The smallest absolute Gasteiger partial charge is 0.231 e. The lowest BCUT2D eigenvalue weighted by molar-refractivity contribution is 0.174. The summed E-state index contributed by atoms with van der Waals surface area (Å²) >= 11 is 0. The molecule has 33 heavy (non-hydrogen) atoms. The van der Waals surface area contributed by atoms with Crippen LogP contribution in [0.1, 0.15) is 16.7 Å². The van der Waals surface area contributed by atoms with Crippen LogP contribution >= 0.6 is 0 Å². The van der Waals surface area contributed by atoms with Gasteiger partial charge in [-0.15, -0.1) is 0 Å². The average molecular weight is 440 g/mol. The van der Waals surface area contributed by atoms with E-state index in [-0.39, 0.29) is 0 Å². The molecule has 0 saturated heterocycles. The summed E-state index contributed by atoms with van der Waals surface area (Å²) in [6.07, 6.45) is 0. The number of ether oxygens (including phenoxy) is 4. The van der Waals surface area contributed by atoms with E-state index in [4.69, 9.17) is 18.9 Å². The highest BCUT2D eigenvalue weighted by Gasteiger charge is 2.12. The van der Waals surface area contributed by atoms with Crippen molar-refractivity contribution in [1.29, 1.82) is 0 Å². The first-order chi connectivity index (χ1) is 16.3. The molecule has 1 aliphatic rings. The second-order valence-corrected chi connectivity index (χ2v) is 7.77. The predicted octanol–water partition coefficient (Wildman–Crippen LogP) is 6.19. The number of fused-ring (bicyclic) bond motifs is 1. The lowest BCUT2D eigenvalue weighted by Gasteiger charge is -2.10. The van der Waals surface area contributed by atoms with Gasteiger partial charge in [0.25, 0.3) is 0 Å². The van der Waals surface area contributed by atoms with Crippen molar-refractivity contribution < 1.29 is 18.9 Å². The standard InChI is InChI=1S/C28H25NO4/c1-2-4-21(5-3-1)18-30-25-11-13-26(14-12-25)31-19-22-6-9-24(10-7-22)29-17-23-8-15-27-28(16-23)33-20-32-27/h1-16,29H,17-20H2. The first-order valence-corrected chi connectivity index (χ1v) is 10.9. The molecule has 0 atom stereocenters. The molecule has 5 heteroatoms. The van der Waals surface area contributed by atoms with Crippen molar-refractivity contribution in [2.45, 2.75) is 19.8 Å². The minimum absolute atomic E-state index is 0.294. The summed E-state index contributed by atoms with van der Waals surface area (Å²) in [5.41, 5.74) is 4.44. The minimum atomic E-state index is 0.294. The van der Waals surface area contributed by atoms with E-state index in [1.54, 1.807) is 0 Å². The maximum absolute atomic E-state index is 5.92. The molecule has 0 bridgehead atoms. The first-order valence-electron chi connectivity index (χ1n) is 10.9. The van der Waals surface area contributed by atoms with Gasteiger partial charge in [0.15, 0.2) is 11.5 Å². The van der Waals surface area contributed by atoms with Gasteiger partial charge in [-0.05, 0) is 65.2 Å². The van der Waals surface area contributed by atoms with Crippen LogP contribution in [0.4, 0.5) is 5.69 Å². The molecule has 0 amide bonds. The fourth-order valence-electron chi connectivity index (χ4n) is 3.51. The summed E-state index contributed by atoms with van der Waals surface area (Å²) in [4.78, 5) is 0. The average Bonchev–Trinajstić information content (AvgIpc) is 3.35. The van der Waals surface area contributed by atoms with Gasteiger partial charge in [0.1, 0.15) is 24.7 Å². The van der Waals surface area contributed by atoms with E-state index < -0.39 is 0 Å². The summed E-state index contributed by atoms with van der Waals surface area (Å²) in [6, 6.07) is 32.1. The predicted molar refractivity (Wildman–Crippen MR) is 128 cm³/mol. The number of anilines is 1. The minimum Gasteiger partial charge on any atom is -0.489 e. The maximum atomic E-state index is 5.92. The Morgan fingerprint density at radius 2 is 1.21 bits per heavy atom. The van der Waals surface area contributed by atoms with Crippen LogP contribution in [0.3, 0.4) is 0 Å². The van der Waals surface area contributed by atoms with Crippen molar-refractivity contribution in [2.75, 3.05) is 12.1 Å². The molecule has 4 aromatic rings. The van der Waals surface area contributed by atoms with Crippen LogP contribution in [0, 0.1) is 0 Å². The van der Waals surface area contributed by atoms with Gasteiger partial charge in [-0.25, -0.2) is 0 Å². The van der Waals surface area contributed by atoms with E-state index in [1.807, 2.05) is 60.7 Å². The number of hydrogen-bond donors (Lipinski definition) is 1. The Kier molecular flexibility index (Phi) is 6.29.